The number of carboxylic acids is 1. The SMILES string of the molecule is O=C(O)Cn1nnnc1-c1cnn2ccncc12. The van der Waals surface area contributed by atoms with Crippen molar-refractivity contribution < 1.29 is 9.90 Å². The summed E-state index contributed by atoms with van der Waals surface area (Å²) >= 11 is 0. The lowest BCUT2D eigenvalue weighted by atomic mass is 10.3. The second-order valence-corrected chi connectivity index (χ2v) is 3.52. The average Bonchev–Trinajstić information content (AvgIpc) is 2.94. The molecule has 0 spiro atoms. The molecule has 3 aromatic heterocycles. The fraction of sp³-hybridized carbons (Fsp3) is 0.111. The maximum atomic E-state index is 10.7. The van der Waals surface area contributed by atoms with Crippen LogP contribution < -0.4 is 0 Å². The van der Waals surface area contributed by atoms with Gasteiger partial charge in [-0.25, -0.2) is 9.20 Å². The Morgan fingerprint density at radius 2 is 2.28 bits per heavy atom. The van der Waals surface area contributed by atoms with Crippen molar-refractivity contribution >= 4 is 11.5 Å². The molecule has 0 fully saturated rings. The molecule has 3 heterocycles. The molecular formula is C9H7N7O2. The van der Waals surface area contributed by atoms with Crippen LogP contribution in [0.25, 0.3) is 16.9 Å². The van der Waals surface area contributed by atoms with Crippen molar-refractivity contribution in [3.8, 4) is 11.4 Å². The van der Waals surface area contributed by atoms with Crippen LogP contribution in [0.2, 0.25) is 0 Å². The number of rotatable bonds is 3. The zero-order valence-corrected chi connectivity index (χ0v) is 9.00. The number of aromatic nitrogens is 7. The molecule has 0 radical (unpaired) electrons. The molecule has 0 aliphatic rings. The Morgan fingerprint density at radius 1 is 1.39 bits per heavy atom. The van der Waals surface area contributed by atoms with E-state index in [1.54, 1.807) is 29.3 Å². The summed E-state index contributed by atoms with van der Waals surface area (Å²) in [5.41, 5.74) is 1.34. The van der Waals surface area contributed by atoms with E-state index in [0.717, 1.165) is 0 Å². The molecule has 0 aliphatic carbocycles. The zero-order chi connectivity index (χ0) is 12.5. The minimum absolute atomic E-state index is 0.306. The third-order valence-corrected chi connectivity index (χ3v) is 2.38. The minimum atomic E-state index is -1.02. The van der Waals surface area contributed by atoms with E-state index in [2.05, 4.69) is 25.6 Å². The fourth-order valence-electron chi connectivity index (χ4n) is 1.64. The number of hydrogen-bond acceptors (Lipinski definition) is 6. The number of carboxylic acid groups (broad SMARTS) is 1. The molecule has 18 heavy (non-hydrogen) atoms. The van der Waals surface area contributed by atoms with E-state index in [9.17, 15) is 4.79 Å². The first kappa shape index (κ1) is 10.3. The van der Waals surface area contributed by atoms with Gasteiger partial charge in [0.15, 0.2) is 5.82 Å². The summed E-state index contributed by atoms with van der Waals surface area (Å²) < 4.78 is 2.81. The highest BCUT2D eigenvalue weighted by Crippen LogP contribution is 2.20. The summed E-state index contributed by atoms with van der Waals surface area (Å²) in [5.74, 6) is -0.668. The second-order valence-electron chi connectivity index (χ2n) is 3.52. The highest BCUT2D eigenvalue weighted by atomic mass is 16.4. The number of tetrazole rings is 1. The van der Waals surface area contributed by atoms with Crippen molar-refractivity contribution in [1.29, 1.82) is 0 Å². The summed E-state index contributed by atoms with van der Waals surface area (Å²) in [6, 6.07) is 0. The summed E-state index contributed by atoms with van der Waals surface area (Å²) in [6.07, 6.45) is 6.47. The smallest absolute Gasteiger partial charge is 0.325 e. The third kappa shape index (κ3) is 1.57. The Morgan fingerprint density at radius 3 is 3.11 bits per heavy atom. The van der Waals surface area contributed by atoms with Crippen LogP contribution in [0.4, 0.5) is 0 Å². The van der Waals surface area contributed by atoms with E-state index in [0.29, 0.717) is 16.9 Å². The van der Waals surface area contributed by atoms with Gasteiger partial charge in [-0.3, -0.25) is 9.78 Å². The maximum Gasteiger partial charge on any atom is 0.325 e. The summed E-state index contributed by atoms with van der Waals surface area (Å²) in [6.45, 7) is -0.306. The Bertz CT molecular complexity index is 716. The lowest BCUT2D eigenvalue weighted by Crippen LogP contribution is -2.11. The Balaban J connectivity index is 2.15. The van der Waals surface area contributed by atoms with Gasteiger partial charge in [0.05, 0.1) is 23.5 Å². The van der Waals surface area contributed by atoms with Crippen molar-refractivity contribution in [2.75, 3.05) is 0 Å². The average molecular weight is 245 g/mol. The van der Waals surface area contributed by atoms with Crippen LogP contribution in [-0.2, 0) is 11.3 Å². The van der Waals surface area contributed by atoms with E-state index in [1.165, 1.54) is 4.68 Å². The van der Waals surface area contributed by atoms with Crippen molar-refractivity contribution in [3.05, 3.63) is 24.8 Å². The molecule has 0 saturated carbocycles. The Hall–Kier alpha value is -2.84. The van der Waals surface area contributed by atoms with Crippen LogP contribution in [0.5, 0.6) is 0 Å². The van der Waals surface area contributed by atoms with E-state index in [4.69, 9.17) is 5.11 Å². The van der Waals surface area contributed by atoms with Gasteiger partial charge < -0.3 is 5.11 Å². The number of hydrogen-bond donors (Lipinski definition) is 1. The van der Waals surface area contributed by atoms with Gasteiger partial charge in [0, 0.05) is 12.4 Å². The molecule has 3 aromatic rings. The van der Waals surface area contributed by atoms with Gasteiger partial charge in [-0.05, 0) is 10.4 Å². The third-order valence-electron chi connectivity index (χ3n) is 2.38. The van der Waals surface area contributed by atoms with E-state index < -0.39 is 5.97 Å². The van der Waals surface area contributed by atoms with E-state index in [-0.39, 0.29) is 6.54 Å². The lowest BCUT2D eigenvalue weighted by molar-refractivity contribution is -0.137. The first-order chi connectivity index (χ1) is 8.75. The summed E-state index contributed by atoms with van der Waals surface area (Å²) in [4.78, 5) is 14.7. The first-order valence-corrected chi connectivity index (χ1v) is 5.01. The molecule has 0 amide bonds. The fourth-order valence-corrected chi connectivity index (χ4v) is 1.64. The largest absolute Gasteiger partial charge is 0.480 e. The quantitative estimate of drug-likeness (QED) is 0.660. The molecule has 1 N–H and O–H groups in total. The molecule has 0 aliphatic heterocycles. The standard InChI is InChI=1S/C9H7N7O2/c17-8(18)5-16-9(12-13-14-16)6-3-11-15-2-1-10-4-7(6)15/h1-4H,5H2,(H,17,18). The van der Waals surface area contributed by atoms with Gasteiger partial charge in [0.2, 0.25) is 0 Å². The monoisotopic (exact) mass is 245 g/mol. The van der Waals surface area contributed by atoms with E-state index >= 15 is 0 Å². The molecule has 9 heteroatoms. The molecule has 3 rings (SSSR count). The predicted molar refractivity (Wildman–Crippen MR) is 57.4 cm³/mol. The van der Waals surface area contributed by atoms with Gasteiger partial charge in [0.25, 0.3) is 0 Å². The van der Waals surface area contributed by atoms with Gasteiger partial charge in [-0.1, -0.05) is 0 Å². The lowest BCUT2D eigenvalue weighted by Gasteiger charge is -1.99. The Kier molecular flexibility index (Phi) is 2.22. The first-order valence-electron chi connectivity index (χ1n) is 5.01. The molecule has 0 bridgehead atoms. The van der Waals surface area contributed by atoms with Gasteiger partial charge in [-0.2, -0.15) is 5.10 Å². The number of aliphatic carboxylic acids is 1. The van der Waals surface area contributed by atoms with Crippen LogP contribution in [0.3, 0.4) is 0 Å². The van der Waals surface area contributed by atoms with Crippen molar-refractivity contribution in [1.82, 2.24) is 34.8 Å². The van der Waals surface area contributed by atoms with Gasteiger partial charge >= 0.3 is 5.97 Å². The number of nitrogens with zero attached hydrogens (tertiary/aromatic N) is 7. The van der Waals surface area contributed by atoms with Crippen molar-refractivity contribution in [2.24, 2.45) is 0 Å². The molecule has 9 nitrogen and oxygen atoms in total. The number of carbonyl (C=O) groups is 1. The molecule has 0 saturated heterocycles. The van der Waals surface area contributed by atoms with Crippen molar-refractivity contribution in [2.45, 2.75) is 6.54 Å². The molecular weight excluding hydrogens is 238 g/mol. The maximum absolute atomic E-state index is 10.7. The zero-order valence-electron chi connectivity index (χ0n) is 9.00. The molecule has 0 atom stereocenters. The normalized spacial score (nSPS) is 10.9. The number of fused-ring (bicyclic) bond motifs is 1. The summed E-state index contributed by atoms with van der Waals surface area (Å²) in [7, 11) is 0. The van der Waals surface area contributed by atoms with Gasteiger partial charge in [-0.15, -0.1) is 5.10 Å². The van der Waals surface area contributed by atoms with E-state index in [1.807, 2.05) is 0 Å². The van der Waals surface area contributed by atoms with Crippen molar-refractivity contribution in [3.63, 3.8) is 0 Å². The summed E-state index contributed by atoms with van der Waals surface area (Å²) in [5, 5.41) is 23.8. The molecule has 90 valence electrons. The predicted octanol–water partition coefficient (Wildman–Crippen LogP) is -0.533. The van der Waals surface area contributed by atoms with Crippen LogP contribution in [0, 0.1) is 0 Å². The molecule has 0 aromatic carbocycles. The minimum Gasteiger partial charge on any atom is -0.480 e. The highest BCUT2D eigenvalue weighted by molar-refractivity contribution is 5.75. The van der Waals surface area contributed by atoms with Gasteiger partial charge in [0.1, 0.15) is 6.54 Å². The molecule has 0 unspecified atom stereocenters. The van der Waals surface area contributed by atoms with Crippen LogP contribution in [0.1, 0.15) is 0 Å². The van der Waals surface area contributed by atoms with Crippen LogP contribution in [-0.4, -0.2) is 45.9 Å². The second kappa shape index (κ2) is 3.87. The topological polar surface area (TPSA) is 111 Å². The highest BCUT2D eigenvalue weighted by Gasteiger charge is 2.15. The van der Waals surface area contributed by atoms with Crippen LogP contribution >= 0.6 is 0 Å². The Labute approximate surface area is 99.7 Å². The van der Waals surface area contributed by atoms with Crippen LogP contribution in [0.15, 0.2) is 24.8 Å².